The lowest BCUT2D eigenvalue weighted by atomic mass is 10.1. The molecule has 8 heteroatoms. The zero-order chi connectivity index (χ0) is 24.9. The van der Waals surface area contributed by atoms with Gasteiger partial charge in [0.15, 0.2) is 0 Å². The summed E-state index contributed by atoms with van der Waals surface area (Å²) in [6.45, 7) is 3.67. The second kappa shape index (κ2) is 10.6. The van der Waals surface area contributed by atoms with Gasteiger partial charge in [-0.3, -0.25) is 19.3 Å². The zero-order valence-electron chi connectivity index (χ0n) is 19.2. The van der Waals surface area contributed by atoms with Gasteiger partial charge in [0.05, 0.1) is 4.91 Å². The molecule has 35 heavy (non-hydrogen) atoms. The van der Waals surface area contributed by atoms with E-state index in [0.29, 0.717) is 22.6 Å². The summed E-state index contributed by atoms with van der Waals surface area (Å²) >= 11 is 0.768. The number of carbonyl (C=O) groups excluding carboxylic acids is 3. The predicted octanol–water partition coefficient (Wildman–Crippen LogP) is 5.70. The molecule has 4 rings (SSSR count). The van der Waals surface area contributed by atoms with Gasteiger partial charge in [0.2, 0.25) is 5.91 Å². The van der Waals surface area contributed by atoms with Crippen molar-refractivity contribution in [3.63, 3.8) is 0 Å². The molecule has 1 aliphatic heterocycles. The minimum Gasteiger partial charge on any atom is -0.488 e. The fraction of sp³-hybridized carbons (Fsp3) is 0.148. The zero-order valence-corrected chi connectivity index (χ0v) is 20.0. The molecule has 0 atom stereocenters. The van der Waals surface area contributed by atoms with Crippen molar-refractivity contribution in [2.24, 2.45) is 0 Å². The summed E-state index contributed by atoms with van der Waals surface area (Å²) < 4.78 is 19.3. The van der Waals surface area contributed by atoms with E-state index in [0.717, 1.165) is 27.8 Å². The molecule has 1 heterocycles. The Kier molecular flexibility index (Phi) is 7.31. The molecule has 1 fully saturated rings. The fourth-order valence-corrected chi connectivity index (χ4v) is 4.29. The number of rotatable bonds is 7. The van der Waals surface area contributed by atoms with Crippen LogP contribution in [0.2, 0.25) is 0 Å². The molecule has 3 amide bonds. The SMILES string of the molecule is Cc1ccc(NC(=O)CN2C(=O)S/C(=C/c3ccccc3OCc3cccc(F)c3)C2=O)cc1C. The third-order valence-corrected chi connectivity index (χ3v) is 6.36. The molecular weight excluding hydrogens is 467 g/mol. The van der Waals surface area contributed by atoms with Crippen molar-refractivity contribution in [3.05, 3.63) is 99.7 Å². The van der Waals surface area contributed by atoms with Crippen LogP contribution in [0.25, 0.3) is 6.08 Å². The van der Waals surface area contributed by atoms with Gasteiger partial charge in [0.25, 0.3) is 11.1 Å². The van der Waals surface area contributed by atoms with E-state index in [1.54, 1.807) is 48.5 Å². The number of imide groups is 1. The van der Waals surface area contributed by atoms with Gasteiger partial charge in [0.1, 0.15) is 24.7 Å². The monoisotopic (exact) mass is 490 g/mol. The number of hydrogen-bond donors (Lipinski definition) is 1. The van der Waals surface area contributed by atoms with Crippen molar-refractivity contribution in [3.8, 4) is 5.75 Å². The molecule has 0 radical (unpaired) electrons. The van der Waals surface area contributed by atoms with Gasteiger partial charge in [-0.25, -0.2) is 4.39 Å². The van der Waals surface area contributed by atoms with Crippen LogP contribution >= 0.6 is 11.8 Å². The highest BCUT2D eigenvalue weighted by Crippen LogP contribution is 2.34. The number of ether oxygens (including phenoxy) is 1. The third kappa shape index (κ3) is 5.96. The average Bonchev–Trinajstić information content (AvgIpc) is 3.08. The highest BCUT2D eigenvalue weighted by Gasteiger charge is 2.36. The predicted molar refractivity (Wildman–Crippen MR) is 134 cm³/mol. The van der Waals surface area contributed by atoms with Crippen LogP contribution in [0, 0.1) is 19.7 Å². The molecule has 3 aromatic rings. The van der Waals surface area contributed by atoms with Crippen LogP contribution in [0.15, 0.2) is 71.6 Å². The van der Waals surface area contributed by atoms with Crippen molar-refractivity contribution in [2.75, 3.05) is 11.9 Å². The van der Waals surface area contributed by atoms with E-state index in [1.165, 1.54) is 12.1 Å². The summed E-state index contributed by atoms with van der Waals surface area (Å²) in [7, 11) is 0. The highest BCUT2D eigenvalue weighted by atomic mass is 32.2. The van der Waals surface area contributed by atoms with Crippen LogP contribution in [0.5, 0.6) is 5.75 Å². The standard InChI is InChI=1S/C27H23FN2O4S/c1-17-10-11-22(12-18(17)2)29-25(31)15-30-26(32)24(35-27(30)33)14-20-7-3-4-9-23(20)34-16-19-6-5-8-21(28)13-19/h3-14H,15-16H2,1-2H3,(H,29,31)/b24-14+. The second-order valence-corrected chi connectivity index (χ2v) is 9.06. The summed E-state index contributed by atoms with van der Waals surface area (Å²) in [4.78, 5) is 39.0. The van der Waals surface area contributed by atoms with Crippen LogP contribution in [0.4, 0.5) is 14.9 Å². The maximum absolute atomic E-state index is 13.4. The summed E-state index contributed by atoms with van der Waals surface area (Å²) in [6.07, 6.45) is 1.56. The molecular formula is C27H23FN2O4S. The molecule has 0 unspecified atom stereocenters. The normalized spacial score (nSPS) is 14.5. The van der Waals surface area contributed by atoms with Crippen LogP contribution in [0.1, 0.15) is 22.3 Å². The molecule has 0 spiro atoms. The first-order valence-corrected chi connectivity index (χ1v) is 11.7. The number of thioether (sulfide) groups is 1. The molecule has 0 aromatic heterocycles. The van der Waals surface area contributed by atoms with Gasteiger partial charge < -0.3 is 10.1 Å². The number of hydrogen-bond acceptors (Lipinski definition) is 5. The first-order chi connectivity index (χ1) is 16.8. The number of nitrogens with one attached hydrogen (secondary N) is 1. The van der Waals surface area contributed by atoms with Crippen LogP contribution in [-0.4, -0.2) is 28.5 Å². The first kappa shape index (κ1) is 24.2. The Balaban J connectivity index is 1.44. The maximum Gasteiger partial charge on any atom is 0.294 e. The Morgan fingerprint density at radius 1 is 1.03 bits per heavy atom. The van der Waals surface area contributed by atoms with Crippen LogP contribution < -0.4 is 10.1 Å². The maximum atomic E-state index is 13.4. The molecule has 178 valence electrons. The van der Waals surface area contributed by atoms with E-state index in [4.69, 9.17) is 4.74 Å². The minimum atomic E-state index is -0.546. The summed E-state index contributed by atoms with van der Waals surface area (Å²) in [5.74, 6) is -0.878. The Bertz CT molecular complexity index is 1340. The molecule has 1 N–H and O–H groups in total. The Hall–Kier alpha value is -3.91. The van der Waals surface area contributed by atoms with Gasteiger partial charge in [-0.05, 0) is 78.7 Å². The highest BCUT2D eigenvalue weighted by molar-refractivity contribution is 8.18. The number of benzene rings is 3. The molecule has 0 bridgehead atoms. The van der Waals surface area contributed by atoms with E-state index in [2.05, 4.69) is 5.32 Å². The number of nitrogens with zero attached hydrogens (tertiary/aromatic N) is 1. The smallest absolute Gasteiger partial charge is 0.294 e. The summed E-state index contributed by atoms with van der Waals surface area (Å²) in [5, 5.41) is 2.21. The number of amides is 3. The Labute approximate surface area is 206 Å². The van der Waals surface area contributed by atoms with Crippen LogP contribution in [-0.2, 0) is 16.2 Å². The van der Waals surface area contributed by atoms with E-state index in [9.17, 15) is 18.8 Å². The van der Waals surface area contributed by atoms with Crippen molar-refractivity contribution in [2.45, 2.75) is 20.5 Å². The van der Waals surface area contributed by atoms with E-state index in [1.807, 2.05) is 26.0 Å². The third-order valence-electron chi connectivity index (χ3n) is 5.45. The number of halogens is 1. The van der Waals surface area contributed by atoms with Crippen LogP contribution in [0.3, 0.4) is 0 Å². The summed E-state index contributed by atoms with van der Waals surface area (Å²) in [6, 6.07) is 18.6. The lowest BCUT2D eigenvalue weighted by Gasteiger charge is -2.13. The van der Waals surface area contributed by atoms with E-state index < -0.39 is 17.1 Å². The molecule has 0 saturated carbocycles. The fourth-order valence-electron chi connectivity index (χ4n) is 3.46. The molecule has 6 nitrogen and oxygen atoms in total. The van der Waals surface area contributed by atoms with Crippen molar-refractivity contribution in [1.29, 1.82) is 0 Å². The lowest BCUT2D eigenvalue weighted by Crippen LogP contribution is -2.36. The average molecular weight is 491 g/mol. The quantitative estimate of drug-likeness (QED) is 0.430. The number of anilines is 1. The lowest BCUT2D eigenvalue weighted by molar-refractivity contribution is -0.127. The minimum absolute atomic E-state index is 0.142. The molecule has 1 aliphatic rings. The Morgan fingerprint density at radius 3 is 2.60 bits per heavy atom. The molecule has 1 saturated heterocycles. The summed E-state index contributed by atoms with van der Waals surface area (Å²) in [5.41, 5.74) is 3.98. The van der Waals surface area contributed by atoms with Gasteiger partial charge >= 0.3 is 0 Å². The largest absolute Gasteiger partial charge is 0.488 e. The van der Waals surface area contributed by atoms with Crippen molar-refractivity contribution >= 4 is 40.6 Å². The number of carbonyl (C=O) groups is 3. The van der Waals surface area contributed by atoms with Gasteiger partial charge in [0, 0.05) is 11.3 Å². The second-order valence-electron chi connectivity index (χ2n) is 8.07. The van der Waals surface area contributed by atoms with Crippen molar-refractivity contribution in [1.82, 2.24) is 4.90 Å². The van der Waals surface area contributed by atoms with Gasteiger partial charge in [-0.1, -0.05) is 36.4 Å². The first-order valence-electron chi connectivity index (χ1n) is 10.9. The molecule has 3 aromatic carbocycles. The topological polar surface area (TPSA) is 75.7 Å². The van der Waals surface area contributed by atoms with Gasteiger partial charge in [-0.15, -0.1) is 0 Å². The van der Waals surface area contributed by atoms with Gasteiger partial charge in [-0.2, -0.15) is 0 Å². The van der Waals surface area contributed by atoms with E-state index >= 15 is 0 Å². The molecule has 0 aliphatic carbocycles. The number of para-hydroxylation sites is 1. The Morgan fingerprint density at radius 2 is 1.83 bits per heavy atom. The van der Waals surface area contributed by atoms with Crippen molar-refractivity contribution < 1.29 is 23.5 Å². The van der Waals surface area contributed by atoms with E-state index in [-0.39, 0.29) is 23.9 Å². The number of aryl methyl sites for hydroxylation is 2.